The van der Waals surface area contributed by atoms with Crippen molar-refractivity contribution in [2.45, 2.75) is 58.3 Å². The van der Waals surface area contributed by atoms with Gasteiger partial charge in [0.1, 0.15) is 0 Å². The number of rotatable bonds is 13. The van der Waals surface area contributed by atoms with E-state index in [1.165, 1.54) is 51.0 Å². The van der Waals surface area contributed by atoms with Crippen molar-refractivity contribution < 1.29 is 9.90 Å². The molecule has 0 heterocycles. The van der Waals surface area contributed by atoms with E-state index in [-0.39, 0.29) is 18.9 Å². The van der Waals surface area contributed by atoms with Gasteiger partial charge in [-0.05, 0) is 12.8 Å². The van der Waals surface area contributed by atoms with Crippen LogP contribution in [-0.2, 0) is 4.79 Å². The molecule has 2 nitrogen and oxygen atoms in total. The van der Waals surface area contributed by atoms with E-state index in [0.717, 1.165) is 12.5 Å². The second-order valence-electron chi connectivity index (χ2n) is 5.19. The van der Waals surface area contributed by atoms with E-state index in [9.17, 15) is 4.79 Å². The van der Waals surface area contributed by atoms with Crippen molar-refractivity contribution in [2.75, 3.05) is 0 Å². The van der Waals surface area contributed by atoms with E-state index in [1.54, 1.807) is 12.2 Å². The monoisotopic (exact) mass is 309 g/mol. The fourth-order valence-corrected chi connectivity index (χ4v) is 1.92. The van der Waals surface area contributed by atoms with Crippen molar-refractivity contribution in [3.63, 3.8) is 0 Å². The van der Waals surface area contributed by atoms with Crippen molar-refractivity contribution in [2.24, 2.45) is 0 Å². The summed E-state index contributed by atoms with van der Waals surface area (Å²) in [6.45, 7) is 2.25. The smallest absolute Gasteiger partial charge is 0.328 e. The van der Waals surface area contributed by atoms with Crippen LogP contribution in [0.15, 0.2) is 60.8 Å². The minimum atomic E-state index is -0.931. The quantitative estimate of drug-likeness (QED) is 0.208. The van der Waals surface area contributed by atoms with Gasteiger partial charge in [0, 0.05) is 24.9 Å². The molecule has 0 aliphatic heterocycles. The van der Waals surface area contributed by atoms with Crippen LogP contribution < -0.4 is 0 Å². The number of hydrogen-bond acceptors (Lipinski definition) is 1. The summed E-state index contributed by atoms with van der Waals surface area (Å²) in [5.41, 5.74) is 0. The standard InChI is InChI=1S/C20H30O2.Li/c1-2-3-4-5-6-7-8-9-10-11-12-13-14-15-16-17-18-19-20(21)22;/h10-19H,2-9H2,1H3,(H,21,22);. The molecule has 1 N–H and O–H groups in total. The number of allylic oxidation sites excluding steroid dienone is 9. The average molecular weight is 309 g/mol. The molecule has 0 fully saturated rings. The van der Waals surface area contributed by atoms with Gasteiger partial charge in [-0.25, -0.2) is 4.79 Å². The molecule has 1 radical (unpaired) electrons. The number of aliphatic carboxylic acids is 1. The number of carboxylic acid groups (broad SMARTS) is 1. The van der Waals surface area contributed by atoms with Crippen LogP contribution in [0.4, 0.5) is 0 Å². The second kappa shape index (κ2) is 20.8. The van der Waals surface area contributed by atoms with Crippen molar-refractivity contribution in [3.8, 4) is 0 Å². The SMILES string of the molecule is CCCCCCCCCC=CC=CC=CC=CC=CC(=O)O.[Li]. The summed E-state index contributed by atoms with van der Waals surface area (Å²) >= 11 is 0. The Morgan fingerprint density at radius 1 is 0.739 bits per heavy atom. The Hall–Kier alpha value is -1.23. The van der Waals surface area contributed by atoms with E-state index < -0.39 is 5.97 Å². The van der Waals surface area contributed by atoms with Crippen molar-refractivity contribution in [3.05, 3.63) is 60.8 Å². The summed E-state index contributed by atoms with van der Waals surface area (Å²) in [6, 6.07) is 0. The van der Waals surface area contributed by atoms with Crippen molar-refractivity contribution >= 4 is 24.8 Å². The van der Waals surface area contributed by atoms with E-state index in [0.29, 0.717) is 0 Å². The third-order valence-electron chi connectivity index (χ3n) is 3.13. The molecule has 3 heteroatoms. The zero-order valence-electron chi connectivity index (χ0n) is 14.8. The van der Waals surface area contributed by atoms with Crippen LogP contribution in [0.3, 0.4) is 0 Å². The predicted molar refractivity (Wildman–Crippen MR) is 102 cm³/mol. The van der Waals surface area contributed by atoms with Gasteiger partial charge in [-0.2, -0.15) is 0 Å². The minimum Gasteiger partial charge on any atom is -0.478 e. The van der Waals surface area contributed by atoms with Crippen LogP contribution in [0.5, 0.6) is 0 Å². The fourth-order valence-electron chi connectivity index (χ4n) is 1.92. The predicted octanol–water partition coefficient (Wildman–Crippen LogP) is 5.61. The Balaban J connectivity index is 0. The average Bonchev–Trinajstić information content (AvgIpc) is 2.50. The molecule has 0 spiro atoms. The topological polar surface area (TPSA) is 37.3 Å². The minimum absolute atomic E-state index is 0. The van der Waals surface area contributed by atoms with Crippen LogP contribution in [0.1, 0.15) is 58.3 Å². The molecule has 23 heavy (non-hydrogen) atoms. The summed E-state index contributed by atoms with van der Waals surface area (Å²) < 4.78 is 0. The van der Waals surface area contributed by atoms with Gasteiger partial charge >= 0.3 is 5.97 Å². The van der Waals surface area contributed by atoms with E-state index >= 15 is 0 Å². The molecule has 0 aliphatic rings. The van der Waals surface area contributed by atoms with E-state index in [2.05, 4.69) is 19.1 Å². The molecular weight excluding hydrogens is 279 g/mol. The number of carboxylic acids is 1. The van der Waals surface area contributed by atoms with Crippen LogP contribution in [0.2, 0.25) is 0 Å². The van der Waals surface area contributed by atoms with Gasteiger partial charge in [0.15, 0.2) is 0 Å². The molecule has 0 bridgehead atoms. The van der Waals surface area contributed by atoms with Gasteiger partial charge < -0.3 is 5.11 Å². The van der Waals surface area contributed by atoms with Crippen LogP contribution in [0, 0.1) is 0 Å². The fraction of sp³-hybridized carbons (Fsp3) is 0.450. The zero-order chi connectivity index (χ0) is 16.3. The maximum absolute atomic E-state index is 10.2. The molecule has 0 aliphatic carbocycles. The molecule has 123 valence electrons. The van der Waals surface area contributed by atoms with Gasteiger partial charge in [0.2, 0.25) is 0 Å². The van der Waals surface area contributed by atoms with Crippen molar-refractivity contribution in [1.82, 2.24) is 0 Å². The molecule has 0 atom stereocenters. The zero-order valence-corrected chi connectivity index (χ0v) is 14.8. The first kappa shape index (κ1) is 24.0. The number of unbranched alkanes of at least 4 members (excludes halogenated alkanes) is 7. The molecular formula is C20H30LiO2. The maximum atomic E-state index is 10.2. The number of carbonyl (C=O) groups is 1. The van der Waals surface area contributed by atoms with Gasteiger partial charge in [0.05, 0.1) is 0 Å². The summed E-state index contributed by atoms with van der Waals surface area (Å²) in [6.07, 6.45) is 28.8. The first-order valence-electron chi connectivity index (χ1n) is 8.33. The van der Waals surface area contributed by atoms with Gasteiger partial charge in [-0.3, -0.25) is 0 Å². The molecule has 0 saturated heterocycles. The van der Waals surface area contributed by atoms with Gasteiger partial charge in [-0.1, -0.05) is 100 Å². The maximum Gasteiger partial charge on any atom is 0.328 e. The second-order valence-corrected chi connectivity index (χ2v) is 5.19. The first-order valence-corrected chi connectivity index (χ1v) is 8.33. The van der Waals surface area contributed by atoms with E-state index in [4.69, 9.17) is 5.11 Å². The first-order chi connectivity index (χ1) is 10.8. The van der Waals surface area contributed by atoms with Crippen LogP contribution >= 0.6 is 0 Å². The summed E-state index contributed by atoms with van der Waals surface area (Å²) in [5, 5.41) is 8.38. The molecule has 0 unspecified atom stereocenters. The normalized spacial score (nSPS) is 12.2. The molecule has 0 amide bonds. The Labute approximate surface area is 153 Å². The van der Waals surface area contributed by atoms with Crippen molar-refractivity contribution in [1.29, 1.82) is 0 Å². The molecule has 0 aromatic carbocycles. The van der Waals surface area contributed by atoms with Crippen LogP contribution in [-0.4, -0.2) is 29.9 Å². The molecule has 0 rings (SSSR count). The van der Waals surface area contributed by atoms with E-state index in [1.807, 2.05) is 24.3 Å². The van der Waals surface area contributed by atoms with Crippen LogP contribution in [0.25, 0.3) is 0 Å². The summed E-state index contributed by atoms with van der Waals surface area (Å²) in [7, 11) is 0. The Bertz CT molecular complexity index is 404. The third-order valence-corrected chi connectivity index (χ3v) is 3.13. The largest absolute Gasteiger partial charge is 0.478 e. The molecule has 0 aromatic heterocycles. The summed E-state index contributed by atoms with van der Waals surface area (Å²) in [4.78, 5) is 10.2. The van der Waals surface area contributed by atoms with Gasteiger partial charge in [0.25, 0.3) is 0 Å². The Morgan fingerprint density at radius 2 is 1.22 bits per heavy atom. The summed E-state index contributed by atoms with van der Waals surface area (Å²) in [5.74, 6) is -0.931. The Kier molecular flexibility index (Phi) is 21.7. The molecule has 0 aromatic rings. The number of hydrogen-bond donors (Lipinski definition) is 1. The third kappa shape index (κ3) is 23.2. The van der Waals surface area contributed by atoms with Gasteiger partial charge in [-0.15, -0.1) is 0 Å². The Morgan fingerprint density at radius 3 is 1.78 bits per heavy atom. The molecule has 0 saturated carbocycles.